The van der Waals surface area contributed by atoms with Crippen LogP contribution in [0, 0.1) is 0 Å². The van der Waals surface area contributed by atoms with Gasteiger partial charge in [0.2, 0.25) is 0 Å². The molecule has 2 unspecified atom stereocenters. The van der Waals surface area contributed by atoms with E-state index in [4.69, 9.17) is 9.47 Å². The smallest absolute Gasteiger partial charge is 0.191 e. The molecular formula is C20H31IN4O2. The molecule has 1 fully saturated rings. The summed E-state index contributed by atoms with van der Waals surface area (Å²) in [6.07, 6.45) is 5.43. The van der Waals surface area contributed by atoms with Gasteiger partial charge in [0.15, 0.2) is 5.96 Å². The van der Waals surface area contributed by atoms with Gasteiger partial charge in [-0.25, -0.2) is 0 Å². The third-order valence-electron chi connectivity index (χ3n) is 4.67. The number of nitrogens with zero attached hydrogens (tertiary/aromatic N) is 1. The molecule has 1 aliphatic heterocycles. The number of para-hydroxylation sites is 1. The fourth-order valence-electron chi connectivity index (χ4n) is 3.22. The van der Waals surface area contributed by atoms with E-state index in [2.05, 4.69) is 58.0 Å². The van der Waals surface area contributed by atoms with E-state index in [0.29, 0.717) is 13.2 Å². The maximum atomic E-state index is 5.85. The summed E-state index contributed by atoms with van der Waals surface area (Å²) in [6.45, 7) is 5.17. The number of H-pyrrole nitrogens is 1. The lowest BCUT2D eigenvalue weighted by Crippen LogP contribution is -2.44. The molecule has 2 heterocycles. The molecule has 1 saturated heterocycles. The Bertz CT molecular complexity index is 713. The Kier molecular flexibility index (Phi) is 9.36. The summed E-state index contributed by atoms with van der Waals surface area (Å²) in [6, 6.07) is 8.64. The fraction of sp³-hybridized carbons (Fsp3) is 0.550. The van der Waals surface area contributed by atoms with E-state index in [0.717, 1.165) is 38.4 Å². The Morgan fingerprint density at radius 2 is 2.26 bits per heavy atom. The Morgan fingerprint density at radius 3 is 3.04 bits per heavy atom. The minimum atomic E-state index is 0. The van der Waals surface area contributed by atoms with Crippen molar-refractivity contribution in [2.24, 2.45) is 4.99 Å². The van der Waals surface area contributed by atoms with Gasteiger partial charge in [0.25, 0.3) is 0 Å². The minimum absolute atomic E-state index is 0. The van der Waals surface area contributed by atoms with Crippen molar-refractivity contribution in [3.05, 3.63) is 36.0 Å². The molecule has 2 aromatic rings. The molecule has 2 atom stereocenters. The first-order valence-electron chi connectivity index (χ1n) is 9.48. The van der Waals surface area contributed by atoms with Crippen LogP contribution in [-0.2, 0) is 15.9 Å². The van der Waals surface area contributed by atoms with Crippen molar-refractivity contribution in [1.29, 1.82) is 0 Å². The highest BCUT2D eigenvalue weighted by Gasteiger charge is 2.17. The zero-order chi connectivity index (χ0) is 18.2. The third kappa shape index (κ3) is 6.65. The van der Waals surface area contributed by atoms with E-state index < -0.39 is 0 Å². The average Bonchev–Trinajstić information content (AvgIpc) is 3.32. The van der Waals surface area contributed by atoms with Crippen LogP contribution in [0.3, 0.4) is 0 Å². The summed E-state index contributed by atoms with van der Waals surface area (Å²) in [4.78, 5) is 7.63. The number of aromatic amines is 1. The molecule has 3 N–H and O–H groups in total. The maximum Gasteiger partial charge on any atom is 0.191 e. The number of aromatic nitrogens is 1. The highest BCUT2D eigenvalue weighted by Crippen LogP contribution is 2.18. The number of rotatable bonds is 8. The molecule has 0 radical (unpaired) electrons. The first-order valence-corrected chi connectivity index (χ1v) is 9.48. The molecule has 0 saturated carbocycles. The standard InChI is InChI=1S/C20H30N4O2.HI/c1-15(13-26-17-9-11-25-14-17)24-20(21-2)22-10-5-6-16-12-23-19-8-4-3-7-18(16)19;/h3-4,7-8,12,15,17,23H,5-6,9-11,13-14H2,1-2H3,(H2,21,22,24);1H. The van der Waals surface area contributed by atoms with Gasteiger partial charge in [-0.05, 0) is 37.8 Å². The highest BCUT2D eigenvalue weighted by atomic mass is 127. The molecule has 1 aromatic heterocycles. The van der Waals surface area contributed by atoms with Crippen LogP contribution in [0.25, 0.3) is 10.9 Å². The average molecular weight is 486 g/mol. The second-order valence-corrected chi connectivity index (χ2v) is 6.83. The Hall–Kier alpha value is -1.32. The Balaban J connectivity index is 0.00000261. The van der Waals surface area contributed by atoms with Crippen LogP contribution in [0.2, 0.25) is 0 Å². The van der Waals surface area contributed by atoms with Crippen molar-refractivity contribution in [3.63, 3.8) is 0 Å². The molecule has 1 aliphatic rings. The lowest BCUT2D eigenvalue weighted by atomic mass is 10.1. The Labute approximate surface area is 178 Å². The summed E-state index contributed by atoms with van der Waals surface area (Å²) in [5, 5.41) is 8.08. The lowest BCUT2D eigenvalue weighted by molar-refractivity contribution is 0.0347. The van der Waals surface area contributed by atoms with Gasteiger partial charge in [0.05, 0.1) is 19.3 Å². The van der Waals surface area contributed by atoms with Crippen molar-refractivity contribution in [2.75, 3.05) is 33.4 Å². The van der Waals surface area contributed by atoms with Gasteiger partial charge in [0, 0.05) is 43.3 Å². The number of ether oxygens (including phenoxy) is 2. The zero-order valence-corrected chi connectivity index (χ0v) is 18.5. The number of benzene rings is 1. The van der Waals surface area contributed by atoms with E-state index in [9.17, 15) is 0 Å². The molecule has 6 nitrogen and oxygen atoms in total. The van der Waals surface area contributed by atoms with Gasteiger partial charge in [-0.1, -0.05) is 18.2 Å². The second kappa shape index (κ2) is 11.5. The number of aryl methyl sites for hydroxylation is 1. The quantitative estimate of drug-likeness (QED) is 0.232. The normalized spacial score (nSPS) is 18.3. The van der Waals surface area contributed by atoms with Crippen molar-refractivity contribution >= 4 is 40.8 Å². The number of hydrogen-bond acceptors (Lipinski definition) is 3. The van der Waals surface area contributed by atoms with E-state index >= 15 is 0 Å². The van der Waals surface area contributed by atoms with Crippen LogP contribution < -0.4 is 10.6 Å². The molecule has 0 aliphatic carbocycles. The number of aliphatic imine (C=N–C) groups is 1. The number of fused-ring (bicyclic) bond motifs is 1. The summed E-state index contributed by atoms with van der Waals surface area (Å²) < 4.78 is 11.2. The summed E-state index contributed by atoms with van der Waals surface area (Å²) in [7, 11) is 1.80. The van der Waals surface area contributed by atoms with Gasteiger partial charge in [-0.2, -0.15) is 0 Å². The van der Waals surface area contributed by atoms with Crippen molar-refractivity contribution < 1.29 is 9.47 Å². The van der Waals surface area contributed by atoms with Crippen LogP contribution in [0.1, 0.15) is 25.3 Å². The van der Waals surface area contributed by atoms with E-state index in [1.54, 1.807) is 7.05 Å². The number of halogens is 1. The maximum absolute atomic E-state index is 5.85. The van der Waals surface area contributed by atoms with Crippen molar-refractivity contribution in [3.8, 4) is 0 Å². The predicted molar refractivity (Wildman–Crippen MR) is 121 cm³/mol. The van der Waals surface area contributed by atoms with Crippen LogP contribution in [-0.4, -0.2) is 56.5 Å². The van der Waals surface area contributed by atoms with E-state index in [1.165, 1.54) is 16.5 Å². The molecule has 3 rings (SSSR count). The predicted octanol–water partition coefficient (Wildman–Crippen LogP) is 3.08. The fourth-order valence-corrected chi connectivity index (χ4v) is 3.22. The van der Waals surface area contributed by atoms with Crippen LogP contribution in [0.4, 0.5) is 0 Å². The van der Waals surface area contributed by atoms with Gasteiger partial charge < -0.3 is 25.1 Å². The summed E-state index contributed by atoms with van der Waals surface area (Å²) in [5.74, 6) is 0.822. The Morgan fingerprint density at radius 1 is 1.41 bits per heavy atom. The van der Waals surface area contributed by atoms with Gasteiger partial charge in [-0.3, -0.25) is 4.99 Å². The van der Waals surface area contributed by atoms with Gasteiger partial charge in [0.1, 0.15) is 0 Å². The van der Waals surface area contributed by atoms with Crippen molar-refractivity contribution in [1.82, 2.24) is 15.6 Å². The number of hydrogen-bond donors (Lipinski definition) is 3. The lowest BCUT2D eigenvalue weighted by Gasteiger charge is -2.19. The van der Waals surface area contributed by atoms with E-state index in [-0.39, 0.29) is 36.1 Å². The van der Waals surface area contributed by atoms with Gasteiger partial charge >= 0.3 is 0 Å². The van der Waals surface area contributed by atoms with Crippen LogP contribution in [0.15, 0.2) is 35.5 Å². The van der Waals surface area contributed by atoms with E-state index in [1.807, 2.05) is 0 Å². The molecule has 0 spiro atoms. The first-order chi connectivity index (χ1) is 12.8. The largest absolute Gasteiger partial charge is 0.379 e. The summed E-state index contributed by atoms with van der Waals surface area (Å²) >= 11 is 0. The SMILES string of the molecule is CN=C(NCCCc1c[nH]c2ccccc12)NC(C)COC1CCOC1.I. The molecule has 7 heteroatoms. The molecule has 27 heavy (non-hydrogen) atoms. The number of guanidine groups is 1. The molecule has 0 amide bonds. The van der Waals surface area contributed by atoms with Crippen LogP contribution in [0.5, 0.6) is 0 Å². The van der Waals surface area contributed by atoms with Gasteiger partial charge in [-0.15, -0.1) is 24.0 Å². The highest BCUT2D eigenvalue weighted by molar-refractivity contribution is 14.0. The second-order valence-electron chi connectivity index (χ2n) is 6.83. The molecule has 1 aromatic carbocycles. The number of nitrogens with one attached hydrogen (secondary N) is 3. The molecule has 150 valence electrons. The third-order valence-corrected chi connectivity index (χ3v) is 4.67. The topological polar surface area (TPSA) is 70.7 Å². The minimum Gasteiger partial charge on any atom is -0.379 e. The molecular weight excluding hydrogens is 455 g/mol. The monoisotopic (exact) mass is 486 g/mol. The zero-order valence-electron chi connectivity index (χ0n) is 16.2. The first kappa shape index (κ1) is 22.0. The van der Waals surface area contributed by atoms with Crippen molar-refractivity contribution in [2.45, 2.75) is 38.3 Å². The summed E-state index contributed by atoms with van der Waals surface area (Å²) in [5.41, 5.74) is 2.57. The van der Waals surface area contributed by atoms with Crippen LogP contribution >= 0.6 is 24.0 Å². The molecule has 0 bridgehead atoms.